The first-order chi connectivity index (χ1) is 11.5. The van der Waals surface area contributed by atoms with Crippen LogP contribution in [0.3, 0.4) is 0 Å². The second kappa shape index (κ2) is 4.82. The molecule has 2 aromatic carbocycles. The molecule has 120 valence electrons. The number of nitrogens with one attached hydrogen (secondary N) is 2. The van der Waals surface area contributed by atoms with E-state index in [4.69, 9.17) is 5.73 Å². The molecule has 0 aliphatic heterocycles. The Hall–Kier alpha value is -3.35. The molecule has 0 bridgehead atoms. The van der Waals surface area contributed by atoms with Gasteiger partial charge in [0.2, 0.25) is 5.82 Å². The average molecular weight is 321 g/mol. The van der Waals surface area contributed by atoms with Crippen LogP contribution in [0.25, 0.3) is 27.8 Å². The number of aromatic nitrogens is 4. The second-order valence-corrected chi connectivity index (χ2v) is 5.82. The zero-order chi connectivity index (χ0) is 17.0. The summed E-state index contributed by atoms with van der Waals surface area (Å²) in [6.45, 7) is 3.96. The van der Waals surface area contributed by atoms with Crippen molar-refractivity contribution < 1.29 is 4.79 Å². The SMILES string of the molecule is Cc1ccc2c(nc(C(N)=O)n2-c2ccc3[nH]c(=O)[nH]c3c2)c1C. The number of aromatic amines is 2. The Morgan fingerprint density at radius 2 is 1.88 bits per heavy atom. The fourth-order valence-corrected chi connectivity index (χ4v) is 2.96. The van der Waals surface area contributed by atoms with Crippen LogP contribution in [0, 0.1) is 13.8 Å². The molecule has 0 saturated heterocycles. The minimum Gasteiger partial charge on any atom is -0.363 e. The lowest BCUT2D eigenvalue weighted by Gasteiger charge is -2.08. The molecule has 4 N–H and O–H groups in total. The number of nitrogens with zero attached hydrogens (tertiary/aromatic N) is 2. The number of benzene rings is 2. The van der Waals surface area contributed by atoms with Crippen LogP contribution in [0.4, 0.5) is 0 Å². The van der Waals surface area contributed by atoms with Gasteiger partial charge in [-0.2, -0.15) is 0 Å². The van der Waals surface area contributed by atoms with Crippen molar-refractivity contribution in [2.45, 2.75) is 13.8 Å². The lowest BCUT2D eigenvalue weighted by Crippen LogP contribution is -2.17. The Morgan fingerprint density at radius 3 is 2.62 bits per heavy atom. The van der Waals surface area contributed by atoms with E-state index in [0.717, 1.165) is 22.2 Å². The molecule has 4 rings (SSSR count). The van der Waals surface area contributed by atoms with Gasteiger partial charge in [0.15, 0.2) is 0 Å². The summed E-state index contributed by atoms with van der Waals surface area (Å²) in [5.41, 5.74) is 10.9. The van der Waals surface area contributed by atoms with Crippen LogP contribution < -0.4 is 11.4 Å². The molecule has 0 unspecified atom stereocenters. The number of amides is 1. The molecule has 2 aromatic heterocycles. The number of nitrogens with two attached hydrogens (primary N) is 1. The lowest BCUT2D eigenvalue weighted by molar-refractivity contribution is 0.0989. The number of carbonyl (C=O) groups is 1. The Labute approximate surface area is 136 Å². The van der Waals surface area contributed by atoms with Crippen molar-refractivity contribution in [2.24, 2.45) is 5.73 Å². The van der Waals surface area contributed by atoms with Crippen molar-refractivity contribution in [3.05, 3.63) is 57.8 Å². The van der Waals surface area contributed by atoms with E-state index < -0.39 is 5.91 Å². The summed E-state index contributed by atoms with van der Waals surface area (Å²) in [5, 5.41) is 0. The summed E-state index contributed by atoms with van der Waals surface area (Å²) >= 11 is 0. The van der Waals surface area contributed by atoms with Gasteiger partial charge < -0.3 is 15.7 Å². The Kier molecular flexibility index (Phi) is 2.86. The van der Waals surface area contributed by atoms with E-state index in [0.29, 0.717) is 16.7 Å². The maximum atomic E-state index is 11.9. The molecule has 2 heterocycles. The van der Waals surface area contributed by atoms with Crippen molar-refractivity contribution in [1.82, 2.24) is 19.5 Å². The molecule has 24 heavy (non-hydrogen) atoms. The van der Waals surface area contributed by atoms with Gasteiger partial charge in [-0.05, 0) is 49.2 Å². The van der Waals surface area contributed by atoms with Crippen molar-refractivity contribution in [3.63, 3.8) is 0 Å². The van der Waals surface area contributed by atoms with E-state index in [1.54, 1.807) is 16.7 Å². The summed E-state index contributed by atoms with van der Waals surface area (Å²) in [6, 6.07) is 9.28. The molecule has 7 nitrogen and oxygen atoms in total. The number of imidazole rings is 2. The number of H-pyrrole nitrogens is 2. The normalized spacial score (nSPS) is 11.4. The van der Waals surface area contributed by atoms with Crippen molar-refractivity contribution in [1.29, 1.82) is 0 Å². The molecular weight excluding hydrogens is 306 g/mol. The largest absolute Gasteiger partial charge is 0.363 e. The fraction of sp³-hybridized carbons (Fsp3) is 0.118. The predicted molar refractivity (Wildman–Crippen MR) is 91.5 cm³/mol. The third-order valence-electron chi connectivity index (χ3n) is 4.33. The molecule has 0 saturated carbocycles. The third kappa shape index (κ3) is 1.95. The van der Waals surface area contributed by atoms with Gasteiger partial charge in [-0.25, -0.2) is 9.78 Å². The van der Waals surface area contributed by atoms with Gasteiger partial charge in [-0.1, -0.05) is 6.07 Å². The minimum absolute atomic E-state index is 0.163. The standard InChI is InChI=1S/C17H15N5O2/c1-8-3-6-13-14(9(8)2)21-16(15(18)23)22(13)10-4-5-11-12(7-10)20-17(24)19-11/h3-7H,1-2H3,(H2,18,23)(H2,19,20,24). The van der Waals surface area contributed by atoms with E-state index in [1.165, 1.54) is 0 Å². The molecular formula is C17H15N5O2. The third-order valence-corrected chi connectivity index (χ3v) is 4.33. The summed E-state index contributed by atoms with van der Waals surface area (Å²) in [4.78, 5) is 33.2. The van der Waals surface area contributed by atoms with Gasteiger partial charge in [-0.3, -0.25) is 9.36 Å². The molecule has 7 heteroatoms. The molecule has 1 amide bonds. The Morgan fingerprint density at radius 1 is 1.12 bits per heavy atom. The predicted octanol–water partition coefficient (Wildman–Crippen LogP) is 1.91. The number of hydrogen-bond acceptors (Lipinski definition) is 3. The Balaban J connectivity index is 2.09. The maximum absolute atomic E-state index is 11.9. The van der Waals surface area contributed by atoms with E-state index in [9.17, 15) is 9.59 Å². The minimum atomic E-state index is -0.606. The van der Waals surface area contributed by atoms with Crippen LogP contribution in [0.15, 0.2) is 35.1 Å². The maximum Gasteiger partial charge on any atom is 0.323 e. The highest BCUT2D eigenvalue weighted by Gasteiger charge is 2.18. The van der Waals surface area contributed by atoms with E-state index in [2.05, 4.69) is 15.0 Å². The summed E-state index contributed by atoms with van der Waals surface area (Å²) in [6.07, 6.45) is 0. The van der Waals surface area contributed by atoms with Crippen LogP contribution in [-0.2, 0) is 0 Å². The number of primary amides is 1. The molecule has 0 aliphatic rings. The topological polar surface area (TPSA) is 110 Å². The quantitative estimate of drug-likeness (QED) is 0.524. The second-order valence-electron chi connectivity index (χ2n) is 5.82. The first kappa shape index (κ1) is 14.3. The van der Waals surface area contributed by atoms with Gasteiger partial charge in [0, 0.05) is 0 Å². The van der Waals surface area contributed by atoms with Crippen LogP contribution in [0.2, 0.25) is 0 Å². The molecule has 0 radical (unpaired) electrons. The first-order valence-corrected chi connectivity index (χ1v) is 7.46. The number of hydrogen-bond donors (Lipinski definition) is 3. The number of aryl methyl sites for hydroxylation is 2. The van der Waals surface area contributed by atoms with Crippen molar-refractivity contribution >= 4 is 28.0 Å². The zero-order valence-corrected chi connectivity index (χ0v) is 13.2. The van der Waals surface area contributed by atoms with Crippen LogP contribution >= 0.6 is 0 Å². The van der Waals surface area contributed by atoms with Gasteiger partial charge in [0.25, 0.3) is 5.91 Å². The summed E-state index contributed by atoms with van der Waals surface area (Å²) < 4.78 is 1.72. The summed E-state index contributed by atoms with van der Waals surface area (Å²) in [5.74, 6) is -0.443. The number of rotatable bonds is 2. The van der Waals surface area contributed by atoms with Crippen LogP contribution in [-0.4, -0.2) is 25.4 Å². The van der Waals surface area contributed by atoms with Crippen molar-refractivity contribution in [2.75, 3.05) is 0 Å². The average Bonchev–Trinajstić information content (AvgIpc) is 3.10. The highest BCUT2D eigenvalue weighted by atomic mass is 16.1. The molecule has 4 aromatic rings. The lowest BCUT2D eigenvalue weighted by atomic mass is 10.1. The molecule has 0 aliphatic carbocycles. The van der Waals surface area contributed by atoms with Gasteiger partial charge in [0.1, 0.15) is 0 Å². The smallest absolute Gasteiger partial charge is 0.323 e. The monoisotopic (exact) mass is 321 g/mol. The highest BCUT2D eigenvalue weighted by Crippen LogP contribution is 2.26. The van der Waals surface area contributed by atoms with Crippen molar-refractivity contribution in [3.8, 4) is 5.69 Å². The summed E-state index contributed by atoms with van der Waals surface area (Å²) in [7, 11) is 0. The fourth-order valence-electron chi connectivity index (χ4n) is 2.96. The van der Waals surface area contributed by atoms with Gasteiger partial charge >= 0.3 is 5.69 Å². The van der Waals surface area contributed by atoms with Crippen LogP contribution in [0.1, 0.15) is 21.7 Å². The van der Waals surface area contributed by atoms with E-state index in [-0.39, 0.29) is 11.5 Å². The number of carbonyl (C=O) groups excluding carboxylic acids is 1. The zero-order valence-electron chi connectivity index (χ0n) is 13.2. The van der Waals surface area contributed by atoms with Crippen LogP contribution in [0.5, 0.6) is 0 Å². The first-order valence-electron chi connectivity index (χ1n) is 7.46. The highest BCUT2D eigenvalue weighted by molar-refractivity contribution is 5.96. The van der Waals surface area contributed by atoms with Gasteiger partial charge in [-0.15, -0.1) is 0 Å². The molecule has 0 spiro atoms. The molecule has 0 fully saturated rings. The Bertz CT molecular complexity index is 1180. The number of fused-ring (bicyclic) bond motifs is 2. The van der Waals surface area contributed by atoms with E-state index in [1.807, 2.05) is 32.0 Å². The van der Waals surface area contributed by atoms with E-state index >= 15 is 0 Å². The molecule has 0 atom stereocenters. The van der Waals surface area contributed by atoms with Gasteiger partial charge in [0.05, 0.1) is 27.8 Å².